The molecule has 2 unspecified atom stereocenters. The third kappa shape index (κ3) is 9.34. The number of halogens is 1. The quantitative estimate of drug-likeness (QED) is 0.262. The first kappa shape index (κ1) is 28.4. The highest BCUT2D eigenvalue weighted by Gasteiger charge is 2.27. The van der Waals surface area contributed by atoms with Crippen LogP contribution in [0.2, 0.25) is 5.02 Å². The SMILES string of the molecule is CC(C)(C)OC(=O)NC(CCS)C(=O)NC(c1cccc(Cl)c1)c1cccc(OCc2ccccc2)c1. The first-order valence-corrected chi connectivity index (χ1v) is 13.1. The minimum Gasteiger partial charge on any atom is -0.489 e. The fourth-order valence-corrected chi connectivity index (χ4v) is 4.12. The predicted octanol–water partition coefficient (Wildman–Crippen LogP) is 6.34. The fourth-order valence-electron chi connectivity index (χ4n) is 3.66. The number of amides is 2. The lowest BCUT2D eigenvalue weighted by molar-refractivity contribution is -0.123. The van der Waals surface area contributed by atoms with Crippen molar-refractivity contribution in [1.29, 1.82) is 0 Å². The highest BCUT2D eigenvalue weighted by atomic mass is 35.5. The van der Waals surface area contributed by atoms with E-state index in [4.69, 9.17) is 21.1 Å². The van der Waals surface area contributed by atoms with Crippen molar-refractivity contribution in [2.75, 3.05) is 5.75 Å². The first-order valence-electron chi connectivity index (χ1n) is 12.1. The third-order valence-electron chi connectivity index (χ3n) is 5.33. The second-order valence-corrected chi connectivity index (χ2v) is 10.4. The monoisotopic (exact) mass is 540 g/mol. The van der Waals surface area contributed by atoms with Gasteiger partial charge in [0.05, 0.1) is 6.04 Å². The number of rotatable bonds is 10. The molecule has 0 bridgehead atoms. The van der Waals surface area contributed by atoms with E-state index in [-0.39, 0.29) is 5.91 Å². The smallest absolute Gasteiger partial charge is 0.408 e. The number of thiol groups is 1. The first-order chi connectivity index (χ1) is 17.6. The zero-order valence-corrected chi connectivity index (χ0v) is 22.9. The summed E-state index contributed by atoms with van der Waals surface area (Å²) in [6.45, 7) is 5.72. The maximum absolute atomic E-state index is 13.4. The van der Waals surface area contributed by atoms with Gasteiger partial charge in [-0.15, -0.1) is 0 Å². The summed E-state index contributed by atoms with van der Waals surface area (Å²) in [6, 6.07) is 23.4. The van der Waals surface area contributed by atoms with Gasteiger partial charge in [-0.25, -0.2) is 4.79 Å². The summed E-state index contributed by atoms with van der Waals surface area (Å²) in [5.74, 6) is 0.709. The Morgan fingerprint density at radius 1 is 0.919 bits per heavy atom. The van der Waals surface area contributed by atoms with E-state index >= 15 is 0 Å². The van der Waals surface area contributed by atoms with Gasteiger partial charge in [-0.05, 0) is 73.9 Å². The maximum Gasteiger partial charge on any atom is 0.408 e. The molecule has 0 saturated carbocycles. The Kier molecular flexibility index (Phi) is 10.3. The van der Waals surface area contributed by atoms with Crippen molar-refractivity contribution >= 4 is 36.2 Å². The Morgan fingerprint density at radius 2 is 1.59 bits per heavy atom. The van der Waals surface area contributed by atoms with Crippen molar-refractivity contribution in [3.63, 3.8) is 0 Å². The molecule has 196 valence electrons. The van der Waals surface area contributed by atoms with Gasteiger partial charge < -0.3 is 20.1 Å². The average Bonchev–Trinajstić information content (AvgIpc) is 2.85. The van der Waals surface area contributed by atoms with E-state index in [2.05, 4.69) is 23.3 Å². The van der Waals surface area contributed by atoms with Crippen molar-refractivity contribution in [3.05, 3.63) is 101 Å². The lowest BCUT2D eigenvalue weighted by Crippen LogP contribution is -2.49. The van der Waals surface area contributed by atoms with E-state index in [0.29, 0.717) is 29.6 Å². The highest BCUT2D eigenvalue weighted by Crippen LogP contribution is 2.28. The van der Waals surface area contributed by atoms with Gasteiger partial charge in [0.15, 0.2) is 0 Å². The van der Waals surface area contributed by atoms with E-state index in [1.54, 1.807) is 32.9 Å². The van der Waals surface area contributed by atoms with Gasteiger partial charge in [0.25, 0.3) is 0 Å². The molecule has 6 nitrogen and oxygen atoms in total. The summed E-state index contributed by atoms with van der Waals surface area (Å²) in [5, 5.41) is 6.29. The van der Waals surface area contributed by atoms with Crippen LogP contribution >= 0.6 is 24.2 Å². The number of alkyl carbamates (subject to hydrolysis) is 1. The topological polar surface area (TPSA) is 76.7 Å². The van der Waals surface area contributed by atoms with Crippen LogP contribution in [0.25, 0.3) is 0 Å². The lowest BCUT2D eigenvalue weighted by Gasteiger charge is -2.26. The summed E-state index contributed by atoms with van der Waals surface area (Å²) < 4.78 is 11.4. The van der Waals surface area contributed by atoms with Crippen molar-refractivity contribution < 1.29 is 19.1 Å². The van der Waals surface area contributed by atoms with Gasteiger partial charge >= 0.3 is 6.09 Å². The third-order valence-corrected chi connectivity index (χ3v) is 5.83. The summed E-state index contributed by atoms with van der Waals surface area (Å²) in [6.07, 6.45) is -0.332. The van der Waals surface area contributed by atoms with Crippen LogP contribution in [0.1, 0.15) is 49.9 Å². The Labute approximate surface area is 229 Å². The van der Waals surface area contributed by atoms with Crippen LogP contribution in [0, 0.1) is 0 Å². The average molecular weight is 541 g/mol. The number of hydrogen-bond donors (Lipinski definition) is 3. The van der Waals surface area contributed by atoms with Crippen LogP contribution in [0.15, 0.2) is 78.9 Å². The highest BCUT2D eigenvalue weighted by molar-refractivity contribution is 7.80. The second kappa shape index (κ2) is 13.4. The van der Waals surface area contributed by atoms with Crippen molar-refractivity contribution in [2.45, 2.75) is 51.5 Å². The van der Waals surface area contributed by atoms with E-state index in [0.717, 1.165) is 16.7 Å². The molecule has 8 heteroatoms. The van der Waals surface area contributed by atoms with Crippen LogP contribution < -0.4 is 15.4 Å². The molecule has 3 aromatic rings. The largest absolute Gasteiger partial charge is 0.489 e. The number of carbonyl (C=O) groups is 2. The molecule has 0 aromatic heterocycles. The number of benzene rings is 3. The van der Waals surface area contributed by atoms with E-state index in [1.807, 2.05) is 66.7 Å². The Bertz CT molecular complexity index is 1180. The Hall–Kier alpha value is -3.16. The van der Waals surface area contributed by atoms with Gasteiger partial charge in [0.1, 0.15) is 24.0 Å². The molecular weight excluding hydrogens is 508 g/mol. The lowest BCUT2D eigenvalue weighted by atomic mass is 9.97. The van der Waals surface area contributed by atoms with Gasteiger partial charge in [-0.3, -0.25) is 4.79 Å². The Morgan fingerprint density at radius 3 is 2.24 bits per heavy atom. The van der Waals surface area contributed by atoms with Gasteiger partial charge in [-0.2, -0.15) is 12.6 Å². The molecule has 0 fully saturated rings. The molecule has 0 aliphatic rings. The van der Waals surface area contributed by atoms with Crippen LogP contribution in [0.3, 0.4) is 0 Å². The van der Waals surface area contributed by atoms with Crippen molar-refractivity contribution in [3.8, 4) is 5.75 Å². The van der Waals surface area contributed by atoms with Gasteiger partial charge in [0.2, 0.25) is 5.91 Å². The standard InChI is InChI=1S/C29H33ClN2O4S/c1-29(2,3)36-28(34)31-25(15-16-37)27(33)32-26(21-11-7-13-23(30)17-21)22-12-8-14-24(18-22)35-19-20-9-5-4-6-10-20/h4-14,17-18,25-26,37H,15-16,19H2,1-3H3,(H,31,34)(H,32,33). The van der Waals surface area contributed by atoms with E-state index < -0.39 is 23.8 Å². The molecule has 2 atom stereocenters. The zero-order valence-electron chi connectivity index (χ0n) is 21.2. The minimum absolute atomic E-state index is 0.330. The van der Waals surface area contributed by atoms with Gasteiger partial charge in [-0.1, -0.05) is 66.2 Å². The molecule has 0 saturated heterocycles. The summed E-state index contributed by atoms with van der Waals surface area (Å²) in [4.78, 5) is 25.8. The van der Waals surface area contributed by atoms with E-state index in [1.165, 1.54) is 0 Å². The maximum atomic E-state index is 13.4. The molecule has 37 heavy (non-hydrogen) atoms. The summed E-state index contributed by atoms with van der Waals surface area (Å²) >= 11 is 10.6. The minimum atomic E-state index is -0.827. The van der Waals surface area contributed by atoms with E-state index in [9.17, 15) is 9.59 Å². The molecule has 0 spiro atoms. The zero-order chi connectivity index (χ0) is 26.8. The number of nitrogens with one attached hydrogen (secondary N) is 2. The number of hydrogen-bond acceptors (Lipinski definition) is 5. The summed E-state index contributed by atoms with van der Waals surface area (Å²) in [7, 11) is 0. The normalized spacial score (nSPS) is 12.8. The molecule has 0 radical (unpaired) electrons. The predicted molar refractivity (Wildman–Crippen MR) is 150 cm³/mol. The van der Waals surface area contributed by atoms with Crippen LogP contribution in [0.5, 0.6) is 5.75 Å². The Balaban J connectivity index is 1.84. The van der Waals surface area contributed by atoms with Crippen molar-refractivity contribution in [1.82, 2.24) is 10.6 Å². The number of carbonyl (C=O) groups excluding carboxylic acids is 2. The number of ether oxygens (including phenoxy) is 2. The van der Waals surface area contributed by atoms with Crippen LogP contribution in [0.4, 0.5) is 4.79 Å². The fraction of sp³-hybridized carbons (Fsp3) is 0.310. The van der Waals surface area contributed by atoms with Crippen LogP contribution in [-0.2, 0) is 16.1 Å². The molecule has 3 aromatic carbocycles. The second-order valence-electron chi connectivity index (χ2n) is 9.55. The van der Waals surface area contributed by atoms with Crippen molar-refractivity contribution in [2.24, 2.45) is 0 Å². The molecule has 0 heterocycles. The molecular formula is C29H33ClN2O4S. The van der Waals surface area contributed by atoms with Gasteiger partial charge in [0, 0.05) is 5.02 Å². The summed E-state index contributed by atoms with van der Waals surface area (Å²) in [5.41, 5.74) is 1.97. The molecule has 0 aliphatic carbocycles. The molecule has 0 aliphatic heterocycles. The van der Waals surface area contributed by atoms with Crippen LogP contribution in [-0.4, -0.2) is 29.4 Å². The molecule has 2 amide bonds. The molecule has 2 N–H and O–H groups in total. The molecule has 3 rings (SSSR count).